The van der Waals surface area contributed by atoms with Gasteiger partial charge < -0.3 is 5.73 Å². The Kier molecular flexibility index (Phi) is 2.28. The van der Waals surface area contributed by atoms with Crippen molar-refractivity contribution in [2.24, 2.45) is 0 Å². The molecule has 2 heteroatoms. The van der Waals surface area contributed by atoms with Crippen LogP contribution < -0.4 is 10.9 Å². The van der Waals surface area contributed by atoms with Crippen molar-refractivity contribution in [3.05, 3.63) is 36.5 Å². The Labute approximate surface area is 63.4 Å². The van der Waals surface area contributed by atoms with Gasteiger partial charge in [-0.2, -0.15) is 0 Å². The highest BCUT2D eigenvalue weighted by atomic mass is 28.2. The van der Waals surface area contributed by atoms with Gasteiger partial charge in [-0.1, -0.05) is 18.2 Å². The first-order valence-electron chi connectivity index (χ1n) is 3.06. The molecule has 50 valence electrons. The fourth-order valence-electron chi connectivity index (χ4n) is 0.738. The van der Waals surface area contributed by atoms with Gasteiger partial charge in [-0.05, 0) is 11.3 Å². The molecule has 0 aromatic heterocycles. The Balaban J connectivity index is 2.91. The summed E-state index contributed by atoms with van der Waals surface area (Å²) >= 11 is 0. The Morgan fingerprint density at radius 1 is 1.40 bits per heavy atom. The van der Waals surface area contributed by atoms with Crippen molar-refractivity contribution >= 4 is 20.4 Å². The standard InChI is InChI=1S/C8H9NSi/c1-2-10-8-6-4-3-5-7(8)9/h2-6H,1,9H2. The van der Waals surface area contributed by atoms with E-state index in [1.807, 2.05) is 30.0 Å². The number of benzene rings is 1. The van der Waals surface area contributed by atoms with Crippen LogP contribution in [-0.4, -0.2) is 9.52 Å². The van der Waals surface area contributed by atoms with Crippen LogP contribution in [0.5, 0.6) is 0 Å². The molecule has 0 aliphatic carbocycles. The van der Waals surface area contributed by atoms with Crippen molar-refractivity contribution < 1.29 is 0 Å². The molecule has 0 fully saturated rings. The molecule has 0 saturated heterocycles. The summed E-state index contributed by atoms with van der Waals surface area (Å²) in [4.78, 5) is 0. The second-order valence-corrected chi connectivity index (χ2v) is 3.17. The average Bonchev–Trinajstić information content (AvgIpc) is 1.94. The first-order valence-corrected chi connectivity index (χ1v) is 4.14. The lowest BCUT2D eigenvalue weighted by molar-refractivity contribution is 1.74. The van der Waals surface area contributed by atoms with Crippen molar-refractivity contribution in [1.82, 2.24) is 0 Å². The van der Waals surface area contributed by atoms with E-state index in [4.69, 9.17) is 5.73 Å². The van der Waals surface area contributed by atoms with E-state index in [1.54, 1.807) is 0 Å². The fraction of sp³-hybridized carbons (Fsp3) is 0. The molecular formula is C8H9NSi. The van der Waals surface area contributed by atoms with Gasteiger partial charge in [0.2, 0.25) is 0 Å². The topological polar surface area (TPSA) is 26.0 Å². The third-order valence-corrected chi connectivity index (χ3v) is 2.19. The lowest BCUT2D eigenvalue weighted by atomic mass is 10.3. The maximum Gasteiger partial charge on any atom is 0.113 e. The Hall–Kier alpha value is -1.02. The van der Waals surface area contributed by atoms with Crippen LogP contribution in [0.4, 0.5) is 5.69 Å². The summed E-state index contributed by atoms with van der Waals surface area (Å²) < 4.78 is 0. The van der Waals surface area contributed by atoms with Gasteiger partial charge in [0.05, 0.1) is 0 Å². The number of rotatable bonds is 2. The van der Waals surface area contributed by atoms with E-state index in [1.165, 1.54) is 5.19 Å². The molecule has 0 bridgehead atoms. The minimum absolute atomic E-state index is 0.625. The van der Waals surface area contributed by atoms with E-state index in [-0.39, 0.29) is 0 Å². The van der Waals surface area contributed by atoms with Crippen LogP contribution in [0.3, 0.4) is 0 Å². The van der Waals surface area contributed by atoms with Crippen LogP contribution in [0.15, 0.2) is 36.5 Å². The van der Waals surface area contributed by atoms with E-state index in [0.717, 1.165) is 5.69 Å². The van der Waals surface area contributed by atoms with E-state index in [0.29, 0.717) is 9.52 Å². The number of hydrogen-bond acceptors (Lipinski definition) is 1. The highest BCUT2D eigenvalue weighted by molar-refractivity contribution is 6.60. The zero-order valence-corrected chi connectivity index (χ0v) is 6.67. The second kappa shape index (κ2) is 3.22. The van der Waals surface area contributed by atoms with Crippen LogP contribution in [0.25, 0.3) is 0 Å². The molecule has 0 amide bonds. The van der Waals surface area contributed by atoms with E-state index in [9.17, 15) is 0 Å². The molecule has 1 rings (SSSR count). The molecule has 0 atom stereocenters. The zero-order valence-electron chi connectivity index (χ0n) is 5.67. The number of nitrogens with two attached hydrogens (primary N) is 1. The first-order chi connectivity index (χ1) is 4.84. The monoisotopic (exact) mass is 147 g/mol. The van der Waals surface area contributed by atoms with Gasteiger partial charge in [0, 0.05) is 5.69 Å². The largest absolute Gasteiger partial charge is 0.399 e. The van der Waals surface area contributed by atoms with E-state index >= 15 is 0 Å². The number of anilines is 1. The molecule has 0 aliphatic heterocycles. The van der Waals surface area contributed by atoms with Crippen LogP contribution >= 0.6 is 0 Å². The number of nitrogen functional groups attached to an aromatic ring is 1. The quantitative estimate of drug-likeness (QED) is 0.484. The van der Waals surface area contributed by atoms with Gasteiger partial charge in [0.1, 0.15) is 9.52 Å². The highest BCUT2D eigenvalue weighted by Crippen LogP contribution is 1.94. The Morgan fingerprint density at radius 3 is 2.70 bits per heavy atom. The van der Waals surface area contributed by atoms with Gasteiger partial charge in [0.15, 0.2) is 0 Å². The lowest BCUT2D eigenvalue weighted by Crippen LogP contribution is -2.15. The van der Waals surface area contributed by atoms with Gasteiger partial charge in [-0.25, -0.2) is 0 Å². The Bertz CT molecular complexity index is 232. The maximum atomic E-state index is 5.67. The zero-order chi connectivity index (χ0) is 7.40. The highest BCUT2D eigenvalue weighted by Gasteiger charge is 1.93. The lowest BCUT2D eigenvalue weighted by Gasteiger charge is -1.98. The first kappa shape index (κ1) is 7.09. The normalized spacial score (nSPS) is 9.20. The molecule has 1 nitrogen and oxygen atoms in total. The molecular weight excluding hydrogens is 138 g/mol. The predicted octanol–water partition coefficient (Wildman–Crippen LogP) is 0.742. The fourth-order valence-corrected chi connectivity index (χ4v) is 1.40. The van der Waals surface area contributed by atoms with Crippen molar-refractivity contribution in [2.45, 2.75) is 0 Å². The molecule has 0 unspecified atom stereocenters. The Morgan fingerprint density at radius 2 is 2.10 bits per heavy atom. The van der Waals surface area contributed by atoms with E-state index < -0.39 is 0 Å². The van der Waals surface area contributed by atoms with Crippen molar-refractivity contribution in [3.8, 4) is 0 Å². The molecule has 2 N–H and O–H groups in total. The molecule has 0 spiro atoms. The molecule has 0 aliphatic rings. The molecule has 0 heterocycles. The summed E-state index contributed by atoms with van der Waals surface area (Å²) in [5.41, 5.74) is 8.41. The summed E-state index contributed by atoms with van der Waals surface area (Å²) in [6.45, 7) is 3.65. The molecule has 1 aromatic rings. The van der Waals surface area contributed by atoms with Crippen LogP contribution in [-0.2, 0) is 0 Å². The third kappa shape index (κ3) is 1.48. The summed E-state index contributed by atoms with van der Waals surface area (Å²) in [7, 11) is 0.625. The van der Waals surface area contributed by atoms with Crippen LogP contribution in [0.2, 0.25) is 0 Å². The predicted molar refractivity (Wildman–Crippen MR) is 46.4 cm³/mol. The van der Waals surface area contributed by atoms with Gasteiger partial charge >= 0.3 is 0 Å². The molecule has 2 radical (unpaired) electrons. The van der Waals surface area contributed by atoms with Crippen molar-refractivity contribution in [2.75, 3.05) is 5.73 Å². The van der Waals surface area contributed by atoms with Gasteiger partial charge in [-0.3, -0.25) is 0 Å². The SMILES string of the molecule is C=C[Si]c1ccccc1N. The maximum absolute atomic E-state index is 5.67. The summed E-state index contributed by atoms with van der Waals surface area (Å²) in [6.07, 6.45) is 0. The van der Waals surface area contributed by atoms with Crippen molar-refractivity contribution in [1.29, 1.82) is 0 Å². The molecule has 1 aromatic carbocycles. The minimum atomic E-state index is 0.625. The minimum Gasteiger partial charge on any atom is -0.399 e. The molecule has 10 heavy (non-hydrogen) atoms. The van der Waals surface area contributed by atoms with E-state index in [2.05, 4.69) is 6.58 Å². The molecule has 0 saturated carbocycles. The summed E-state index contributed by atoms with van der Waals surface area (Å²) in [6, 6.07) is 7.86. The summed E-state index contributed by atoms with van der Waals surface area (Å²) in [5.74, 6) is 0. The average molecular weight is 147 g/mol. The van der Waals surface area contributed by atoms with Crippen molar-refractivity contribution in [3.63, 3.8) is 0 Å². The number of hydrogen-bond donors (Lipinski definition) is 1. The number of para-hydroxylation sites is 1. The van der Waals surface area contributed by atoms with Gasteiger partial charge in [0.25, 0.3) is 0 Å². The van der Waals surface area contributed by atoms with Crippen LogP contribution in [0.1, 0.15) is 0 Å². The van der Waals surface area contributed by atoms with Gasteiger partial charge in [-0.15, -0.1) is 12.3 Å². The smallest absolute Gasteiger partial charge is 0.113 e. The summed E-state index contributed by atoms with van der Waals surface area (Å²) in [5, 5.41) is 1.18. The van der Waals surface area contributed by atoms with Crippen LogP contribution in [0, 0.1) is 0 Å². The second-order valence-electron chi connectivity index (χ2n) is 1.94. The third-order valence-electron chi connectivity index (χ3n) is 1.22.